The number of rotatable bonds is 1. The Labute approximate surface area is 84.7 Å². The fourth-order valence-corrected chi connectivity index (χ4v) is 2.19. The number of nitrogens with one attached hydrogen (secondary N) is 2. The van der Waals surface area contributed by atoms with Gasteiger partial charge < -0.3 is 10.6 Å². The smallest absolute Gasteiger partial charge is 0.0581 e. The summed E-state index contributed by atoms with van der Waals surface area (Å²) in [5.41, 5.74) is 3.87. The molecule has 1 aromatic rings. The van der Waals surface area contributed by atoms with Crippen LogP contribution in [0.5, 0.6) is 0 Å². The zero-order chi connectivity index (χ0) is 9.54. The van der Waals surface area contributed by atoms with Crippen LogP contribution in [0.2, 0.25) is 0 Å². The van der Waals surface area contributed by atoms with Gasteiger partial charge in [0.1, 0.15) is 0 Å². The van der Waals surface area contributed by atoms with Gasteiger partial charge in [0.2, 0.25) is 0 Å². The second kappa shape index (κ2) is 2.91. The summed E-state index contributed by atoms with van der Waals surface area (Å²) in [6.07, 6.45) is 2.81. The summed E-state index contributed by atoms with van der Waals surface area (Å²) in [4.78, 5) is 0. The molecule has 2 heteroatoms. The van der Waals surface area contributed by atoms with E-state index in [2.05, 4.69) is 35.8 Å². The maximum absolute atomic E-state index is 3.64. The van der Waals surface area contributed by atoms with E-state index < -0.39 is 0 Å². The second-order valence-corrected chi connectivity index (χ2v) is 4.52. The van der Waals surface area contributed by atoms with Crippen molar-refractivity contribution in [3.63, 3.8) is 0 Å². The molecule has 0 aromatic heterocycles. The van der Waals surface area contributed by atoms with Gasteiger partial charge in [-0.25, -0.2) is 0 Å². The largest absolute Gasteiger partial charge is 0.381 e. The number of aryl methyl sites for hydroxylation is 1. The number of hydrogen-bond acceptors (Lipinski definition) is 2. The van der Waals surface area contributed by atoms with E-state index in [-0.39, 0.29) is 0 Å². The molecule has 1 atom stereocenters. The van der Waals surface area contributed by atoms with Crippen molar-refractivity contribution in [1.29, 1.82) is 0 Å². The summed E-state index contributed by atoms with van der Waals surface area (Å²) in [7, 11) is 0. The van der Waals surface area contributed by atoms with Crippen LogP contribution < -0.4 is 10.6 Å². The molecule has 14 heavy (non-hydrogen) atoms. The Morgan fingerprint density at radius 3 is 2.86 bits per heavy atom. The van der Waals surface area contributed by atoms with E-state index in [9.17, 15) is 0 Å². The maximum atomic E-state index is 3.64. The Balaban J connectivity index is 1.88. The highest BCUT2D eigenvalue weighted by atomic mass is 15.1. The van der Waals surface area contributed by atoms with Gasteiger partial charge in [-0.05, 0) is 43.4 Å². The Morgan fingerprint density at radius 2 is 2.07 bits per heavy atom. The first-order valence-electron chi connectivity index (χ1n) is 5.44. The van der Waals surface area contributed by atoms with Crippen LogP contribution in [0.1, 0.15) is 18.4 Å². The molecule has 2 aliphatic rings. The molecule has 0 radical (unpaired) electrons. The molecule has 0 saturated heterocycles. The van der Waals surface area contributed by atoms with E-state index in [4.69, 9.17) is 0 Å². The molecule has 1 aliphatic carbocycles. The number of benzene rings is 1. The van der Waals surface area contributed by atoms with Gasteiger partial charge in [0.25, 0.3) is 0 Å². The van der Waals surface area contributed by atoms with Crippen LogP contribution in [0.25, 0.3) is 0 Å². The van der Waals surface area contributed by atoms with Gasteiger partial charge in [0, 0.05) is 12.6 Å². The van der Waals surface area contributed by atoms with Crippen molar-refractivity contribution in [2.45, 2.75) is 25.8 Å². The van der Waals surface area contributed by atoms with Gasteiger partial charge >= 0.3 is 0 Å². The molecular weight excluding hydrogens is 172 g/mol. The molecule has 2 N–H and O–H groups in total. The van der Waals surface area contributed by atoms with Crippen molar-refractivity contribution in [3.05, 3.63) is 23.8 Å². The third-order valence-corrected chi connectivity index (χ3v) is 3.22. The molecule has 1 saturated carbocycles. The van der Waals surface area contributed by atoms with Crippen molar-refractivity contribution in [1.82, 2.24) is 0 Å². The maximum Gasteiger partial charge on any atom is 0.0581 e. The first-order chi connectivity index (χ1) is 6.83. The molecule has 3 rings (SSSR count). The summed E-state index contributed by atoms with van der Waals surface area (Å²) in [5.74, 6) is 0.913. The molecule has 1 fully saturated rings. The van der Waals surface area contributed by atoms with Crippen molar-refractivity contribution < 1.29 is 0 Å². The average molecular weight is 188 g/mol. The summed E-state index contributed by atoms with van der Waals surface area (Å²) in [6, 6.07) is 7.21. The zero-order valence-corrected chi connectivity index (χ0v) is 8.51. The van der Waals surface area contributed by atoms with Gasteiger partial charge in [-0.2, -0.15) is 0 Å². The first-order valence-corrected chi connectivity index (χ1v) is 5.44. The fourth-order valence-electron chi connectivity index (χ4n) is 2.19. The topological polar surface area (TPSA) is 24.1 Å². The van der Waals surface area contributed by atoms with Gasteiger partial charge in [0.15, 0.2) is 0 Å². The molecule has 2 nitrogen and oxygen atoms in total. The SMILES string of the molecule is Cc1ccc2c(c1)NC(C1CC1)CN2. The quantitative estimate of drug-likeness (QED) is 0.708. The van der Waals surface area contributed by atoms with Crippen molar-refractivity contribution in [2.24, 2.45) is 5.92 Å². The summed E-state index contributed by atoms with van der Waals surface area (Å²) < 4.78 is 0. The number of hydrogen-bond donors (Lipinski definition) is 2. The molecule has 0 bridgehead atoms. The van der Waals surface area contributed by atoms with Crippen molar-refractivity contribution in [3.8, 4) is 0 Å². The van der Waals surface area contributed by atoms with E-state index in [1.807, 2.05) is 0 Å². The summed E-state index contributed by atoms with van der Waals surface area (Å²) in [5, 5.41) is 7.14. The molecule has 0 amide bonds. The van der Waals surface area contributed by atoms with E-state index in [1.165, 1.54) is 29.8 Å². The predicted molar refractivity (Wildman–Crippen MR) is 59.8 cm³/mol. The lowest BCUT2D eigenvalue weighted by molar-refractivity contribution is 0.653. The molecular formula is C12H16N2. The number of fused-ring (bicyclic) bond motifs is 1. The molecule has 1 aromatic carbocycles. The summed E-state index contributed by atoms with van der Waals surface area (Å²) in [6.45, 7) is 3.23. The lowest BCUT2D eigenvalue weighted by Gasteiger charge is -2.28. The molecule has 74 valence electrons. The minimum absolute atomic E-state index is 0.657. The molecule has 1 aliphatic heterocycles. The van der Waals surface area contributed by atoms with Crippen molar-refractivity contribution in [2.75, 3.05) is 17.2 Å². The van der Waals surface area contributed by atoms with Gasteiger partial charge in [0.05, 0.1) is 11.4 Å². The Kier molecular flexibility index (Phi) is 1.69. The van der Waals surface area contributed by atoms with E-state index in [0.717, 1.165) is 12.5 Å². The Morgan fingerprint density at radius 1 is 1.21 bits per heavy atom. The van der Waals surface area contributed by atoms with Gasteiger partial charge in [-0.15, -0.1) is 0 Å². The minimum atomic E-state index is 0.657. The highest BCUT2D eigenvalue weighted by Crippen LogP contribution is 2.38. The Hall–Kier alpha value is -1.18. The molecule has 1 unspecified atom stereocenters. The lowest BCUT2D eigenvalue weighted by atomic mass is 10.1. The Bertz CT molecular complexity index is 355. The average Bonchev–Trinajstić information content (AvgIpc) is 3.00. The van der Waals surface area contributed by atoms with Crippen LogP contribution in [0.4, 0.5) is 11.4 Å². The van der Waals surface area contributed by atoms with Crippen LogP contribution in [0.15, 0.2) is 18.2 Å². The van der Waals surface area contributed by atoms with Crippen LogP contribution in [-0.2, 0) is 0 Å². The highest BCUT2D eigenvalue weighted by molar-refractivity contribution is 5.72. The van der Waals surface area contributed by atoms with Crippen LogP contribution in [0.3, 0.4) is 0 Å². The summed E-state index contributed by atoms with van der Waals surface area (Å²) >= 11 is 0. The van der Waals surface area contributed by atoms with Crippen molar-refractivity contribution >= 4 is 11.4 Å². The highest BCUT2D eigenvalue weighted by Gasteiger charge is 2.33. The predicted octanol–water partition coefficient (Wildman–Crippen LogP) is 2.61. The van der Waals surface area contributed by atoms with Gasteiger partial charge in [-0.3, -0.25) is 0 Å². The lowest BCUT2D eigenvalue weighted by Crippen LogP contribution is -2.34. The molecule has 1 heterocycles. The third-order valence-electron chi connectivity index (χ3n) is 3.22. The molecule has 0 spiro atoms. The van der Waals surface area contributed by atoms with E-state index in [1.54, 1.807) is 0 Å². The van der Waals surface area contributed by atoms with E-state index in [0.29, 0.717) is 6.04 Å². The van der Waals surface area contributed by atoms with Crippen LogP contribution in [0, 0.1) is 12.8 Å². The monoisotopic (exact) mass is 188 g/mol. The number of anilines is 2. The third kappa shape index (κ3) is 1.35. The fraction of sp³-hybridized carbons (Fsp3) is 0.500. The standard InChI is InChI=1S/C12H16N2/c1-8-2-5-10-11(6-8)14-12(7-13-10)9-3-4-9/h2,5-6,9,12-14H,3-4,7H2,1H3. The minimum Gasteiger partial charge on any atom is -0.381 e. The van der Waals surface area contributed by atoms with E-state index >= 15 is 0 Å². The van der Waals surface area contributed by atoms with Crippen LogP contribution in [-0.4, -0.2) is 12.6 Å². The zero-order valence-electron chi connectivity index (χ0n) is 8.51. The normalized spacial score (nSPS) is 24.8. The second-order valence-electron chi connectivity index (χ2n) is 4.52. The first kappa shape index (κ1) is 8.16. The van der Waals surface area contributed by atoms with Crippen LogP contribution >= 0.6 is 0 Å². The van der Waals surface area contributed by atoms with Gasteiger partial charge in [-0.1, -0.05) is 6.07 Å².